The summed E-state index contributed by atoms with van der Waals surface area (Å²) in [5.74, 6) is 0. The molecule has 0 unspecified atom stereocenters. The summed E-state index contributed by atoms with van der Waals surface area (Å²) in [6, 6.07) is 8.53. The van der Waals surface area contributed by atoms with Crippen molar-refractivity contribution in [3.8, 4) is 17.3 Å². The van der Waals surface area contributed by atoms with Gasteiger partial charge in [0.15, 0.2) is 5.13 Å². The first-order valence-corrected chi connectivity index (χ1v) is 7.58. The fourth-order valence-corrected chi connectivity index (χ4v) is 3.50. The van der Waals surface area contributed by atoms with Crippen molar-refractivity contribution in [2.75, 3.05) is 11.5 Å². The van der Waals surface area contributed by atoms with Crippen LogP contribution in [-0.2, 0) is 4.74 Å². The first kappa shape index (κ1) is 13.2. The van der Waals surface area contributed by atoms with E-state index in [1.807, 2.05) is 6.07 Å². The smallest absolute Gasteiger partial charge is 0.416 e. The molecular weight excluding hydrogens is 305 g/mol. The van der Waals surface area contributed by atoms with Crippen LogP contribution in [-0.4, -0.2) is 23.2 Å². The van der Waals surface area contributed by atoms with E-state index in [9.17, 15) is 9.18 Å². The number of amides is 1. The number of nitriles is 1. The second-order valence-corrected chi connectivity index (χ2v) is 6.35. The Bertz CT molecular complexity index is 805. The molecule has 110 valence electrons. The Morgan fingerprint density at radius 2 is 2.09 bits per heavy atom. The van der Waals surface area contributed by atoms with E-state index in [0.29, 0.717) is 22.9 Å². The summed E-state index contributed by atoms with van der Waals surface area (Å²) in [4.78, 5) is 17.7. The quantitative estimate of drug-likeness (QED) is 0.852. The van der Waals surface area contributed by atoms with Crippen LogP contribution in [0.3, 0.4) is 0 Å². The van der Waals surface area contributed by atoms with E-state index in [1.165, 1.54) is 4.90 Å². The molecule has 5 nitrogen and oxygen atoms in total. The van der Waals surface area contributed by atoms with Crippen molar-refractivity contribution in [3.05, 3.63) is 35.0 Å². The van der Waals surface area contributed by atoms with Gasteiger partial charge in [-0.25, -0.2) is 14.7 Å². The van der Waals surface area contributed by atoms with E-state index in [2.05, 4.69) is 4.98 Å². The van der Waals surface area contributed by atoms with Crippen LogP contribution in [0.25, 0.3) is 11.3 Å². The van der Waals surface area contributed by atoms with Gasteiger partial charge in [0.05, 0.1) is 17.2 Å². The number of benzene rings is 1. The molecule has 2 aromatic rings. The third kappa shape index (κ3) is 1.88. The van der Waals surface area contributed by atoms with Gasteiger partial charge in [0.2, 0.25) is 5.13 Å². The molecule has 1 aliphatic heterocycles. The summed E-state index contributed by atoms with van der Waals surface area (Å²) in [6.45, 7) is 0.346. The highest BCUT2D eigenvalue weighted by Crippen LogP contribution is 2.49. The lowest BCUT2D eigenvalue weighted by atomic mass is 10.1. The second kappa shape index (κ2) is 4.52. The van der Waals surface area contributed by atoms with Crippen LogP contribution in [0.2, 0.25) is 0 Å². The molecule has 0 radical (unpaired) electrons. The number of ether oxygens (including phenoxy) is 1. The van der Waals surface area contributed by atoms with Gasteiger partial charge in [-0.2, -0.15) is 9.65 Å². The zero-order chi connectivity index (χ0) is 15.3. The Hall–Kier alpha value is -2.46. The van der Waals surface area contributed by atoms with E-state index in [-0.39, 0.29) is 11.2 Å². The second-order valence-electron chi connectivity index (χ2n) is 5.42. The molecule has 1 aliphatic carbocycles. The summed E-state index contributed by atoms with van der Waals surface area (Å²) in [7, 11) is 0. The Labute approximate surface area is 129 Å². The molecule has 7 heteroatoms. The number of halogens is 1. The minimum absolute atomic E-state index is 0.194. The van der Waals surface area contributed by atoms with Crippen molar-refractivity contribution in [2.24, 2.45) is 0 Å². The van der Waals surface area contributed by atoms with Gasteiger partial charge in [-0.1, -0.05) is 23.5 Å². The molecule has 2 fully saturated rings. The molecule has 0 N–H and O–H groups in total. The number of hydrogen-bond acceptors (Lipinski definition) is 5. The zero-order valence-corrected chi connectivity index (χ0v) is 12.2. The zero-order valence-electron chi connectivity index (χ0n) is 11.4. The number of carbonyl (C=O) groups is 1. The summed E-state index contributed by atoms with van der Waals surface area (Å²) in [5.41, 5.74) is 0.958. The number of nitrogens with zero attached hydrogens (tertiary/aromatic N) is 3. The number of thiazole rings is 1. The van der Waals surface area contributed by atoms with Crippen LogP contribution >= 0.6 is 11.3 Å². The van der Waals surface area contributed by atoms with Crippen LogP contribution in [0.4, 0.5) is 14.3 Å². The largest absolute Gasteiger partial charge is 0.447 e. The molecule has 1 saturated heterocycles. The molecular formula is C15H10FN3O2S. The number of hydrogen-bond donors (Lipinski definition) is 0. The summed E-state index contributed by atoms with van der Waals surface area (Å²) in [5, 5.41) is 8.68. The molecule has 2 heterocycles. The molecule has 1 amide bonds. The monoisotopic (exact) mass is 315 g/mol. The normalized spacial score (nSPS) is 18.4. The lowest BCUT2D eigenvalue weighted by Gasteiger charge is -2.16. The lowest BCUT2D eigenvalue weighted by molar-refractivity contribution is 0.178. The molecule has 1 aromatic heterocycles. The fourth-order valence-electron chi connectivity index (χ4n) is 2.58. The Balaban J connectivity index is 1.72. The van der Waals surface area contributed by atoms with E-state index in [0.717, 1.165) is 24.2 Å². The molecule has 1 saturated carbocycles. The van der Waals surface area contributed by atoms with Crippen LogP contribution in [0.5, 0.6) is 0 Å². The molecule has 0 bridgehead atoms. The predicted molar refractivity (Wildman–Crippen MR) is 78.0 cm³/mol. The van der Waals surface area contributed by atoms with E-state index in [1.54, 1.807) is 24.3 Å². The van der Waals surface area contributed by atoms with Gasteiger partial charge in [-0.15, -0.1) is 0 Å². The average molecular weight is 315 g/mol. The first-order valence-electron chi connectivity index (χ1n) is 6.77. The average Bonchev–Trinajstić information content (AvgIpc) is 3.10. The topological polar surface area (TPSA) is 66.2 Å². The number of carbonyl (C=O) groups excluding carboxylic acids is 1. The molecule has 1 spiro atoms. The van der Waals surface area contributed by atoms with E-state index in [4.69, 9.17) is 10.00 Å². The van der Waals surface area contributed by atoms with Crippen molar-refractivity contribution in [2.45, 2.75) is 18.4 Å². The Morgan fingerprint density at radius 1 is 1.36 bits per heavy atom. The third-order valence-electron chi connectivity index (χ3n) is 4.00. The molecule has 22 heavy (non-hydrogen) atoms. The maximum absolute atomic E-state index is 14.2. The van der Waals surface area contributed by atoms with Gasteiger partial charge < -0.3 is 4.74 Å². The summed E-state index contributed by atoms with van der Waals surface area (Å²) < 4.78 is 19.3. The molecule has 0 atom stereocenters. The molecule has 4 rings (SSSR count). The fraction of sp³-hybridized carbons (Fsp3) is 0.267. The highest BCUT2D eigenvalue weighted by Gasteiger charge is 2.58. The standard InChI is InChI=1S/C15H10FN3O2S/c16-12-11(10-3-1-9(7-17)2-4-10)18-13(22-12)19-14(20)21-8-15(19)5-6-15/h1-4H,5-6,8H2. The van der Waals surface area contributed by atoms with Crippen LogP contribution in [0, 0.1) is 16.5 Å². The van der Waals surface area contributed by atoms with Crippen molar-refractivity contribution in [3.63, 3.8) is 0 Å². The summed E-state index contributed by atoms with van der Waals surface area (Å²) >= 11 is 0.845. The molecule has 2 aliphatic rings. The van der Waals surface area contributed by atoms with Crippen molar-refractivity contribution < 1.29 is 13.9 Å². The predicted octanol–water partition coefficient (Wildman–Crippen LogP) is 3.31. The first-order chi connectivity index (χ1) is 10.6. The lowest BCUT2D eigenvalue weighted by Crippen LogP contribution is -2.35. The van der Waals surface area contributed by atoms with Gasteiger partial charge in [0, 0.05) is 5.56 Å². The highest BCUT2D eigenvalue weighted by atomic mass is 32.1. The Kier molecular flexibility index (Phi) is 2.71. The minimum Gasteiger partial charge on any atom is -0.447 e. The number of cyclic esters (lactones) is 1. The van der Waals surface area contributed by atoms with Gasteiger partial charge in [-0.05, 0) is 25.0 Å². The van der Waals surface area contributed by atoms with Crippen LogP contribution in [0.15, 0.2) is 24.3 Å². The number of rotatable bonds is 2. The van der Waals surface area contributed by atoms with Crippen molar-refractivity contribution in [1.82, 2.24) is 4.98 Å². The Morgan fingerprint density at radius 3 is 2.73 bits per heavy atom. The van der Waals surface area contributed by atoms with Gasteiger partial charge in [-0.3, -0.25) is 0 Å². The van der Waals surface area contributed by atoms with Crippen molar-refractivity contribution >= 4 is 22.6 Å². The van der Waals surface area contributed by atoms with E-state index < -0.39 is 11.2 Å². The highest BCUT2D eigenvalue weighted by molar-refractivity contribution is 7.14. The summed E-state index contributed by atoms with van der Waals surface area (Å²) in [6.07, 6.45) is 1.25. The number of aromatic nitrogens is 1. The number of anilines is 1. The maximum atomic E-state index is 14.2. The maximum Gasteiger partial charge on any atom is 0.416 e. The van der Waals surface area contributed by atoms with Gasteiger partial charge >= 0.3 is 6.09 Å². The van der Waals surface area contributed by atoms with E-state index >= 15 is 0 Å². The van der Waals surface area contributed by atoms with Crippen molar-refractivity contribution in [1.29, 1.82) is 5.26 Å². The van der Waals surface area contributed by atoms with Crippen LogP contribution < -0.4 is 4.90 Å². The SMILES string of the molecule is N#Cc1ccc(-c2nc(N3C(=O)OCC34CC4)sc2F)cc1. The minimum atomic E-state index is -0.461. The molecule has 1 aromatic carbocycles. The third-order valence-corrected chi connectivity index (χ3v) is 4.83. The van der Waals surface area contributed by atoms with Crippen LogP contribution in [0.1, 0.15) is 18.4 Å². The van der Waals surface area contributed by atoms with Gasteiger partial charge in [0.1, 0.15) is 12.3 Å². The van der Waals surface area contributed by atoms with Gasteiger partial charge in [0.25, 0.3) is 0 Å².